The number of nitrogens with zero attached hydrogens (tertiary/aromatic N) is 2. The van der Waals surface area contributed by atoms with Crippen LogP contribution in [-0.4, -0.2) is 60.1 Å². The number of benzene rings is 1. The standard InChI is InChI=1S/C15H21N3O3/c1-17-8-5-9-18(11-10-17)15(21)16-13(14(19)20)12-6-3-2-4-7-12/h2-4,6-7,13H,5,8-11H2,1H3,(H,16,21)(H,19,20)/t13-/m1/s1. The molecule has 2 amide bonds. The fourth-order valence-corrected chi connectivity index (χ4v) is 2.40. The third kappa shape index (κ3) is 4.19. The van der Waals surface area contributed by atoms with Gasteiger partial charge < -0.3 is 20.2 Å². The number of amides is 2. The van der Waals surface area contributed by atoms with Crippen LogP contribution in [0.5, 0.6) is 0 Å². The minimum absolute atomic E-state index is 0.318. The first-order valence-electron chi connectivity index (χ1n) is 7.09. The molecular weight excluding hydrogens is 270 g/mol. The number of hydrogen-bond donors (Lipinski definition) is 2. The Morgan fingerprint density at radius 1 is 1.14 bits per heavy atom. The van der Waals surface area contributed by atoms with Gasteiger partial charge in [0.1, 0.15) is 0 Å². The van der Waals surface area contributed by atoms with E-state index in [4.69, 9.17) is 0 Å². The summed E-state index contributed by atoms with van der Waals surface area (Å²) in [5, 5.41) is 11.9. The summed E-state index contributed by atoms with van der Waals surface area (Å²) in [5.74, 6) is -1.05. The van der Waals surface area contributed by atoms with E-state index >= 15 is 0 Å². The predicted molar refractivity (Wildman–Crippen MR) is 79.0 cm³/mol. The maximum absolute atomic E-state index is 12.3. The molecule has 1 atom stereocenters. The summed E-state index contributed by atoms with van der Waals surface area (Å²) in [6.07, 6.45) is 0.896. The van der Waals surface area contributed by atoms with Gasteiger partial charge in [-0.15, -0.1) is 0 Å². The maximum Gasteiger partial charge on any atom is 0.330 e. The van der Waals surface area contributed by atoms with Crippen molar-refractivity contribution >= 4 is 12.0 Å². The molecule has 0 bridgehead atoms. The lowest BCUT2D eigenvalue weighted by Crippen LogP contribution is -2.45. The Morgan fingerprint density at radius 3 is 2.52 bits per heavy atom. The molecule has 2 rings (SSSR count). The third-order valence-electron chi connectivity index (χ3n) is 3.65. The number of carboxylic acid groups (broad SMARTS) is 1. The summed E-state index contributed by atoms with van der Waals surface area (Å²) in [5.41, 5.74) is 0.574. The van der Waals surface area contributed by atoms with Crippen LogP contribution in [0.2, 0.25) is 0 Å². The molecule has 0 aliphatic carbocycles. The molecule has 2 N–H and O–H groups in total. The highest BCUT2D eigenvalue weighted by atomic mass is 16.4. The van der Waals surface area contributed by atoms with Crippen molar-refractivity contribution in [3.63, 3.8) is 0 Å². The molecule has 0 saturated carbocycles. The van der Waals surface area contributed by atoms with Gasteiger partial charge in [0.2, 0.25) is 0 Å². The van der Waals surface area contributed by atoms with Crippen molar-refractivity contribution in [3.05, 3.63) is 35.9 Å². The Hall–Kier alpha value is -2.08. The largest absolute Gasteiger partial charge is 0.479 e. The van der Waals surface area contributed by atoms with E-state index in [-0.39, 0.29) is 6.03 Å². The van der Waals surface area contributed by atoms with Crippen molar-refractivity contribution in [1.82, 2.24) is 15.1 Å². The molecule has 1 aliphatic heterocycles. The van der Waals surface area contributed by atoms with Gasteiger partial charge in [-0.3, -0.25) is 0 Å². The van der Waals surface area contributed by atoms with Gasteiger partial charge in [0, 0.05) is 19.6 Å². The normalized spacial score (nSPS) is 17.9. The van der Waals surface area contributed by atoms with Crippen LogP contribution in [0.25, 0.3) is 0 Å². The van der Waals surface area contributed by atoms with Gasteiger partial charge in [-0.05, 0) is 25.6 Å². The third-order valence-corrected chi connectivity index (χ3v) is 3.65. The number of likely N-dealkylation sites (N-methyl/N-ethyl adjacent to an activating group) is 1. The topological polar surface area (TPSA) is 72.9 Å². The van der Waals surface area contributed by atoms with Crippen LogP contribution in [0.3, 0.4) is 0 Å². The maximum atomic E-state index is 12.3. The first kappa shape index (κ1) is 15.3. The van der Waals surface area contributed by atoms with Crippen LogP contribution in [0, 0.1) is 0 Å². The van der Waals surface area contributed by atoms with Gasteiger partial charge >= 0.3 is 12.0 Å². The zero-order chi connectivity index (χ0) is 15.2. The first-order valence-corrected chi connectivity index (χ1v) is 7.09. The zero-order valence-electron chi connectivity index (χ0n) is 12.2. The molecule has 6 nitrogen and oxygen atoms in total. The molecule has 1 aliphatic rings. The Bertz CT molecular complexity index is 492. The number of nitrogens with one attached hydrogen (secondary N) is 1. The molecule has 1 aromatic rings. The van der Waals surface area contributed by atoms with Gasteiger partial charge in [0.15, 0.2) is 6.04 Å². The van der Waals surface area contributed by atoms with Gasteiger partial charge in [0.25, 0.3) is 0 Å². The molecule has 114 valence electrons. The molecule has 1 fully saturated rings. The second-order valence-electron chi connectivity index (χ2n) is 5.28. The van der Waals surface area contributed by atoms with Crippen molar-refractivity contribution in [1.29, 1.82) is 0 Å². The second-order valence-corrected chi connectivity index (χ2v) is 5.28. The van der Waals surface area contributed by atoms with E-state index in [1.807, 2.05) is 13.1 Å². The Balaban J connectivity index is 2.03. The summed E-state index contributed by atoms with van der Waals surface area (Å²) in [4.78, 5) is 27.5. The summed E-state index contributed by atoms with van der Waals surface area (Å²) in [6.45, 7) is 3.02. The Morgan fingerprint density at radius 2 is 1.86 bits per heavy atom. The van der Waals surface area contributed by atoms with Crippen LogP contribution >= 0.6 is 0 Å². The quantitative estimate of drug-likeness (QED) is 0.876. The molecule has 0 unspecified atom stereocenters. The average molecular weight is 291 g/mol. The molecule has 21 heavy (non-hydrogen) atoms. The summed E-state index contributed by atoms with van der Waals surface area (Å²) >= 11 is 0. The number of rotatable bonds is 3. The fraction of sp³-hybridized carbons (Fsp3) is 0.467. The fourth-order valence-electron chi connectivity index (χ4n) is 2.40. The number of urea groups is 1. The van der Waals surface area contributed by atoms with E-state index < -0.39 is 12.0 Å². The Labute approximate surface area is 124 Å². The molecule has 6 heteroatoms. The number of carboxylic acids is 1. The molecule has 0 aromatic heterocycles. The number of carbonyl (C=O) groups excluding carboxylic acids is 1. The van der Waals surface area contributed by atoms with Crippen molar-refractivity contribution in [2.24, 2.45) is 0 Å². The zero-order valence-corrected chi connectivity index (χ0v) is 12.2. The summed E-state index contributed by atoms with van der Waals surface area (Å²) < 4.78 is 0. The SMILES string of the molecule is CN1CCCN(C(=O)N[C@@H](C(=O)O)c2ccccc2)CC1. The van der Waals surface area contributed by atoms with Gasteiger partial charge in [-0.2, -0.15) is 0 Å². The van der Waals surface area contributed by atoms with Crippen LogP contribution < -0.4 is 5.32 Å². The minimum Gasteiger partial charge on any atom is -0.479 e. The van der Waals surface area contributed by atoms with E-state index in [0.717, 1.165) is 19.5 Å². The van der Waals surface area contributed by atoms with E-state index in [1.165, 1.54) is 0 Å². The number of hydrogen-bond acceptors (Lipinski definition) is 3. The number of aliphatic carboxylic acids is 1. The lowest BCUT2D eigenvalue weighted by atomic mass is 10.1. The lowest BCUT2D eigenvalue weighted by Gasteiger charge is -2.24. The van der Waals surface area contributed by atoms with E-state index in [0.29, 0.717) is 18.7 Å². The molecule has 0 radical (unpaired) electrons. The predicted octanol–water partition coefficient (Wildman–Crippen LogP) is 1.16. The molecule has 1 saturated heterocycles. The van der Waals surface area contributed by atoms with Gasteiger partial charge in [0.05, 0.1) is 0 Å². The van der Waals surface area contributed by atoms with Gasteiger partial charge in [-0.1, -0.05) is 30.3 Å². The van der Waals surface area contributed by atoms with Crippen molar-refractivity contribution in [2.75, 3.05) is 33.2 Å². The molecule has 0 spiro atoms. The van der Waals surface area contributed by atoms with Crippen molar-refractivity contribution in [3.8, 4) is 0 Å². The van der Waals surface area contributed by atoms with Crippen molar-refractivity contribution in [2.45, 2.75) is 12.5 Å². The molecular formula is C15H21N3O3. The van der Waals surface area contributed by atoms with Gasteiger partial charge in [-0.25, -0.2) is 9.59 Å². The summed E-state index contributed by atoms with van der Waals surface area (Å²) in [6, 6.07) is 7.41. The highest BCUT2D eigenvalue weighted by molar-refractivity contribution is 5.83. The smallest absolute Gasteiger partial charge is 0.330 e. The lowest BCUT2D eigenvalue weighted by molar-refractivity contribution is -0.139. The highest BCUT2D eigenvalue weighted by Crippen LogP contribution is 2.13. The van der Waals surface area contributed by atoms with Crippen molar-refractivity contribution < 1.29 is 14.7 Å². The monoisotopic (exact) mass is 291 g/mol. The van der Waals surface area contributed by atoms with Crippen LogP contribution in [0.1, 0.15) is 18.0 Å². The Kier molecular flexibility index (Phi) is 5.16. The molecule has 1 aromatic carbocycles. The van der Waals surface area contributed by atoms with E-state index in [9.17, 15) is 14.7 Å². The van der Waals surface area contributed by atoms with E-state index in [2.05, 4.69) is 10.2 Å². The first-order chi connectivity index (χ1) is 10.1. The second kappa shape index (κ2) is 7.08. The summed E-state index contributed by atoms with van der Waals surface area (Å²) in [7, 11) is 2.02. The number of carbonyl (C=O) groups is 2. The van der Waals surface area contributed by atoms with Crippen LogP contribution in [0.4, 0.5) is 4.79 Å². The van der Waals surface area contributed by atoms with Crippen LogP contribution in [0.15, 0.2) is 30.3 Å². The average Bonchev–Trinajstić information content (AvgIpc) is 2.70. The van der Waals surface area contributed by atoms with Crippen LogP contribution in [-0.2, 0) is 4.79 Å². The molecule has 1 heterocycles. The minimum atomic E-state index is -1.05. The highest BCUT2D eigenvalue weighted by Gasteiger charge is 2.25. The van der Waals surface area contributed by atoms with E-state index in [1.54, 1.807) is 29.2 Å².